The summed E-state index contributed by atoms with van der Waals surface area (Å²) in [7, 11) is 0. The molecule has 1 heterocycles. The van der Waals surface area contributed by atoms with Crippen LogP contribution in [0.15, 0.2) is 11.4 Å². The molecule has 148 valence electrons. The summed E-state index contributed by atoms with van der Waals surface area (Å²) < 4.78 is 10.9. The minimum absolute atomic E-state index is 0.0929. The molecule has 1 aromatic heterocycles. The normalized spacial score (nSPS) is 11.7. The van der Waals surface area contributed by atoms with Crippen molar-refractivity contribution in [1.82, 2.24) is 9.97 Å². The number of carbonyl (C=O) groups is 1. The number of hydrogen-bond acceptors (Lipinski definition) is 6. The van der Waals surface area contributed by atoms with E-state index in [1.54, 1.807) is 11.8 Å². The number of unbranched alkanes of at least 4 members (excludes halogenated alkanes) is 3. The van der Waals surface area contributed by atoms with Gasteiger partial charge in [0, 0.05) is 17.5 Å². The van der Waals surface area contributed by atoms with Crippen molar-refractivity contribution >= 4 is 17.7 Å². The molecule has 0 fully saturated rings. The highest BCUT2D eigenvalue weighted by molar-refractivity contribution is 7.99. The molecule has 0 atom stereocenters. The number of aryl methyl sites for hydroxylation is 1. The summed E-state index contributed by atoms with van der Waals surface area (Å²) in [6, 6.07) is 0. The van der Waals surface area contributed by atoms with E-state index in [1.165, 1.54) is 0 Å². The van der Waals surface area contributed by atoms with Gasteiger partial charge in [0.2, 0.25) is 5.88 Å². The molecule has 0 N–H and O–H groups in total. The van der Waals surface area contributed by atoms with Gasteiger partial charge in [-0.05, 0) is 46.5 Å². The van der Waals surface area contributed by atoms with Crippen molar-refractivity contribution in [2.45, 2.75) is 72.4 Å². The Kier molecular flexibility index (Phi) is 9.99. The minimum atomic E-state index is -0.412. The molecule has 0 aliphatic carbocycles. The fourth-order valence-electron chi connectivity index (χ4n) is 2.07. The first-order valence-corrected chi connectivity index (χ1v) is 10.5. The van der Waals surface area contributed by atoms with Crippen LogP contribution < -0.4 is 4.74 Å². The molecule has 26 heavy (non-hydrogen) atoms. The molecule has 1 rings (SSSR count). The maximum atomic E-state index is 12.0. The van der Waals surface area contributed by atoms with E-state index < -0.39 is 5.41 Å². The van der Waals surface area contributed by atoms with Crippen LogP contribution in [0.1, 0.15) is 65.9 Å². The summed E-state index contributed by atoms with van der Waals surface area (Å²) >= 11 is 1.66. The van der Waals surface area contributed by atoms with Crippen molar-refractivity contribution in [2.75, 3.05) is 19.0 Å². The Balaban J connectivity index is 2.15. The Morgan fingerprint density at radius 3 is 2.58 bits per heavy atom. The Labute approximate surface area is 162 Å². The molecular formula is C20H34N2O3S. The molecule has 0 aliphatic rings. The predicted octanol–water partition coefficient (Wildman–Crippen LogP) is 5.06. The maximum absolute atomic E-state index is 12.0. The highest BCUT2D eigenvalue weighted by Crippen LogP contribution is 2.27. The van der Waals surface area contributed by atoms with Crippen molar-refractivity contribution in [3.63, 3.8) is 0 Å². The molecule has 1 aromatic rings. The maximum Gasteiger partial charge on any atom is 0.311 e. The third kappa shape index (κ3) is 7.52. The van der Waals surface area contributed by atoms with Gasteiger partial charge >= 0.3 is 5.97 Å². The van der Waals surface area contributed by atoms with E-state index in [4.69, 9.17) is 9.47 Å². The molecule has 0 spiro atoms. The van der Waals surface area contributed by atoms with Crippen LogP contribution in [0, 0.1) is 18.3 Å². The lowest BCUT2D eigenvalue weighted by atomic mass is 9.81. The lowest BCUT2D eigenvalue weighted by Crippen LogP contribution is -2.32. The molecule has 5 nitrogen and oxygen atoms in total. The average molecular weight is 383 g/mol. The molecule has 0 unspecified atom stereocenters. The molecule has 0 aromatic carbocycles. The number of esters is 1. The number of hydrogen-bond donors (Lipinski definition) is 0. The lowest BCUT2D eigenvalue weighted by Gasteiger charge is -2.26. The third-order valence-corrected chi connectivity index (χ3v) is 5.60. The van der Waals surface area contributed by atoms with E-state index in [0.29, 0.717) is 19.1 Å². The zero-order valence-corrected chi connectivity index (χ0v) is 17.9. The van der Waals surface area contributed by atoms with Gasteiger partial charge in [-0.1, -0.05) is 38.5 Å². The SMILES string of the molecule is CCOc1nc(SCCCCCCOC(=O)C(C)(C)C(C)C)ncc1C. The fourth-order valence-corrected chi connectivity index (χ4v) is 2.88. The van der Waals surface area contributed by atoms with Crippen molar-refractivity contribution < 1.29 is 14.3 Å². The quantitative estimate of drug-likeness (QED) is 0.218. The van der Waals surface area contributed by atoms with Gasteiger partial charge in [0.15, 0.2) is 5.16 Å². The van der Waals surface area contributed by atoms with E-state index in [2.05, 4.69) is 9.97 Å². The van der Waals surface area contributed by atoms with E-state index in [9.17, 15) is 4.79 Å². The molecule has 0 amide bonds. The molecule has 0 radical (unpaired) electrons. The van der Waals surface area contributed by atoms with Crippen molar-refractivity contribution in [3.05, 3.63) is 11.8 Å². The monoisotopic (exact) mass is 382 g/mol. The Morgan fingerprint density at radius 1 is 1.23 bits per heavy atom. The van der Waals surface area contributed by atoms with Gasteiger partial charge in [-0.3, -0.25) is 4.79 Å². The van der Waals surface area contributed by atoms with Gasteiger partial charge in [0.25, 0.3) is 0 Å². The number of ether oxygens (including phenoxy) is 2. The number of rotatable bonds is 12. The smallest absolute Gasteiger partial charge is 0.311 e. The Morgan fingerprint density at radius 2 is 1.92 bits per heavy atom. The van der Waals surface area contributed by atoms with Crippen LogP contribution in [0.25, 0.3) is 0 Å². The standard InChI is InChI=1S/C20H34N2O3S/c1-7-24-17-16(4)14-21-19(22-17)26-13-11-9-8-10-12-25-18(23)20(5,6)15(2)3/h14-15H,7-13H2,1-6H3. The van der Waals surface area contributed by atoms with Gasteiger partial charge in [0.05, 0.1) is 18.6 Å². The van der Waals surface area contributed by atoms with Gasteiger partial charge in [-0.15, -0.1) is 0 Å². The van der Waals surface area contributed by atoms with Gasteiger partial charge in [0.1, 0.15) is 0 Å². The molecule has 0 bridgehead atoms. The van der Waals surface area contributed by atoms with E-state index in [0.717, 1.165) is 42.2 Å². The van der Waals surface area contributed by atoms with Gasteiger partial charge in [-0.25, -0.2) is 4.98 Å². The first-order chi connectivity index (χ1) is 12.3. The first kappa shape index (κ1) is 22.7. The number of nitrogens with zero attached hydrogens (tertiary/aromatic N) is 2. The van der Waals surface area contributed by atoms with Crippen LogP contribution in [-0.4, -0.2) is 34.9 Å². The summed E-state index contributed by atoms with van der Waals surface area (Å²) in [5.41, 5.74) is 0.553. The summed E-state index contributed by atoms with van der Waals surface area (Å²) in [6.07, 6.45) is 6.00. The van der Waals surface area contributed by atoms with Crippen LogP contribution in [0.3, 0.4) is 0 Å². The molecule has 6 heteroatoms. The highest BCUT2D eigenvalue weighted by atomic mass is 32.2. The van der Waals surface area contributed by atoms with Crippen LogP contribution in [-0.2, 0) is 9.53 Å². The van der Waals surface area contributed by atoms with Crippen molar-refractivity contribution in [2.24, 2.45) is 11.3 Å². The lowest BCUT2D eigenvalue weighted by molar-refractivity contribution is -0.156. The van der Waals surface area contributed by atoms with Crippen LogP contribution in [0.2, 0.25) is 0 Å². The van der Waals surface area contributed by atoms with Crippen LogP contribution in [0.4, 0.5) is 0 Å². The molecule has 0 saturated carbocycles. The van der Waals surface area contributed by atoms with Crippen LogP contribution in [0.5, 0.6) is 5.88 Å². The number of thioether (sulfide) groups is 1. The Hall–Kier alpha value is -1.30. The summed E-state index contributed by atoms with van der Waals surface area (Å²) in [4.78, 5) is 20.8. The number of carbonyl (C=O) groups excluding carboxylic acids is 1. The predicted molar refractivity (Wildman–Crippen MR) is 107 cm³/mol. The van der Waals surface area contributed by atoms with Crippen LogP contribution >= 0.6 is 11.8 Å². The molecule has 0 aliphatic heterocycles. The zero-order chi connectivity index (χ0) is 19.6. The largest absolute Gasteiger partial charge is 0.478 e. The average Bonchev–Trinajstić information content (AvgIpc) is 2.59. The third-order valence-electron chi connectivity index (χ3n) is 4.66. The zero-order valence-electron chi connectivity index (χ0n) is 17.1. The fraction of sp³-hybridized carbons (Fsp3) is 0.750. The van der Waals surface area contributed by atoms with E-state index >= 15 is 0 Å². The number of aromatic nitrogens is 2. The summed E-state index contributed by atoms with van der Waals surface area (Å²) in [5.74, 6) is 1.84. The van der Waals surface area contributed by atoms with E-state index in [1.807, 2.05) is 47.7 Å². The van der Waals surface area contributed by atoms with Crippen molar-refractivity contribution in [3.8, 4) is 5.88 Å². The second kappa shape index (κ2) is 11.4. The molecule has 0 saturated heterocycles. The topological polar surface area (TPSA) is 61.3 Å². The van der Waals surface area contributed by atoms with Crippen molar-refractivity contribution in [1.29, 1.82) is 0 Å². The molecular weight excluding hydrogens is 348 g/mol. The highest BCUT2D eigenvalue weighted by Gasteiger charge is 2.32. The van der Waals surface area contributed by atoms with E-state index in [-0.39, 0.29) is 11.9 Å². The van der Waals surface area contributed by atoms with Gasteiger partial charge < -0.3 is 9.47 Å². The summed E-state index contributed by atoms with van der Waals surface area (Å²) in [6.45, 7) is 13.0. The minimum Gasteiger partial charge on any atom is -0.478 e. The second-order valence-corrected chi connectivity index (χ2v) is 8.41. The second-order valence-electron chi connectivity index (χ2n) is 7.35. The first-order valence-electron chi connectivity index (χ1n) is 9.55. The Bertz CT molecular complexity index is 562. The van der Waals surface area contributed by atoms with Gasteiger partial charge in [-0.2, -0.15) is 4.98 Å². The summed E-state index contributed by atoms with van der Waals surface area (Å²) in [5, 5.41) is 0.767.